The Morgan fingerprint density at radius 1 is 0.886 bits per heavy atom. The summed E-state index contributed by atoms with van der Waals surface area (Å²) in [6.45, 7) is 8.37. The molecule has 0 radical (unpaired) electrons. The maximum absolute atomic E-state index is 13.5. The maximum Gasteiger partial charge on any atom is 0.264 e. The predicted octanol–water partition coefficient (Wildman–Crippen LogP) is 4.40. The van der Waals surface area contributed by atoms with E-state index < -0.39 is 15.9 Å². The lowest BCUT2D eigenvalue weighted by Crippen LogP contribution is -2.41. The van der Waals surface area contributed by atoms with Crippen LogP contribution in [-0.4, -0.2) is 40.6 Å². The number of anilines is 1. The fraction of sp³-hybridized carbons (Fsp3) is 0.296. The van der Waals surface area contributed by atoms with Gasteiger partial charge in [-0.05, 0) is 75.7 Å². The van der Waals surface area contributed by atoms with Crippen LogP contribution < -0.4 is 19.1 Å². The first kappa shape index (κ1) is 26.1. The molecule has 0 aliphatic rings. The van der Waals surface area contributed by atoms with E-state index >= 15 is 0 Å². The number of rotatable bonds is 11. The van der Waals surface area contributed by atoms with Crippen LogP contribution in [0.2, 0.25) is 0 Å². The normalized spacial score (nSPS) is 11.1. The summed E-state index contributed by atoms with van der Waals surface area (Å²) in [6, 6.07) is 19.1. The molecule has 0 aromatic heterocycles. The first-order valence-corrected chi connectivity index (χ1v) is 12.9. The molecule has 0 bridgehead atoms. The van der Waals surface area contributed by atoms with Gasteiger partial charge >= 0.3 is 0 Å². The zero-order valence-electron chi connectivity index (χ0n) is 20.6. The Balaban J connectivity index is 1.72. The molecule has 3 aromatic carbocycles. The summed E-state index contributed by atoms with van der Waals surface area (Å²) in [7, 11) is -3.97. The third-order valence-corrected chi connectivity index (χ3v) is 7.13. The van der Waals surface area contributed by atoms with Crippen LogP contribution in [0, 0.1) is 20.8 Å². The Kier molecular flexibility index (Phi) is 8.76. The number of carbonyl (C=O) groups excluding carboxylic acids is 1. The van der Waals surface area contributed by atoms with Crippen LogP contribution in [0.4, 0.5) is 5.69 Å². The highest BCUT2D eigenvalue weighted by Crippen LogP contribution is 2.26. The topological polar surface area (TPSA) is 84.9 Å². The Morgan fingerprint density at radius 2 is 1.54 bits per heavy atom. The number of ether oxygens (including phenoxy) is 2. The van der Waals surface area contributed by atoms with Crippen molar-refractivity contribution in [1.82, 2.24) is 5.32 Å². The molecule has 0 unspecified atom stereocenters. The third kappa shape index (κ3) is 6.99. The molecular weight excluding hydrogens is 464 g/mol. The van der Waals surface area contributed by atoms with Crippen molar-refractivity contribution in [3.8, 4) is 11.5 Å². The van der Waals surface area contributed by atoms with Gasteiger partial charge in [-0.25, -0.2) is 8.42 Å². The lowest BCUT2D eigenvalue weighted by molar-refractivity contribution is -0.119. The van der Waals surface area contributed by atoms with Gasteiger partial charge in [-0.1, -0.05) is 35.4 Å². The van der Waals surface area contributed by atoms with Gasteiger partial charge in [0.2, 0.25) is 5.91 Å². The molecule has 0 saturated carbocycles. The molecule has 8 heteroatoms. The molecule has 3 aromatic rings. The van der Waals surface area contributed by atoms with Crippen molar-refractivity contribution in [2.24, 2.45) is 0 Å². The van der Waals surface area contributed by atoms with Crippen molar-refractivity contribution < 1.29 is 22.7 Å². The molecule has 0 aliphatic heterocycles. The van der Waals surface area contributed by atoms with Crippen molar-refractivity contribution in [3.63, 3.8) is 0 Å². The molecule has 0 fully saturated rings. The van der Waals surface area contributed by atoms with Gasteiger partial charge in [-0.3, -0.25) is 9.10 Å². The molecule has 3 rings (SSSR count). The number of nitrogens with one attached hydrogen (secondary N) is 1. The molecule has 1 amide bonds. The van der Waals surface area contributed by atoms with Gasteiger partial charge in [0.15, 0.2) is 0 Å². The Labute approximate surface area is 207 Å². The molecule has 7 nitrogen and oxygen atoms in total. The van der Waals surface area contributed by atoms with E-state index in [1.54, 1.807) is 48.5 Å². The van der Waals surface area contributed by atoms with Gasteiger partial charge in [0.25, 0.3) is 10.0 Å². The SMILES string of the molecule is CCOc1ccc(N(CC(=O)NCCOc2ccc(C)cc2C)S(=O)(=O)c2ccc(C)cc2)cc1. The van der Waals surface area contributed by atoms with Crippen molar-refractivity contribution in [2.45, 2.75) is 32.6 Å². The van der Waals surface area contributed by atoms with Gasteiger partial charge < -0.3 is 14.8 Å². The summed E-state index contributed by atoms with van der Waals surface area (Å²) in [5, 5.41) is 2.75. The molecule has 0 aliphatic carbocycles. The molecule has 0 spiro atoms. The molecular formula is C27H32N2O5S. The van der Waals surface area contributed by atoms with Gasteiger partial charge in [0.1, 0.15) is 24.7 Å². The van der Waals surface area contributed by atoms with Crippen LogP contribution in [0.1, 0.15) is 23.6 Å². The quantitative estimate of drug-likeness (QED) is 0.398. The Hall–Kier alpha value is -3.52. The number of carbonyl (C=O) groups is 1. The highest BCUT2D eigenvalue weighted by Gasteiger charge is 2.27. The monoisotopic (exact) mass is 496 g/mol. The van der Waals surface area contributed by atoms with Crippen molar-refractivity contribution in [3.05, 3.63) is 83.4 Å². The Bertz CT molecular complexity index is 1240. The van der Waals surface area contributed by atoms with E-state index in [2.05, 4.69) is 5.32 Å². The molecule has 0 heterocycles. The minimum atomic E-state index is -3.97. The maximum atomic E-state index is 13.5. The number of aryl methyl sites for hydroxylation is 3. The first-order valence-electron chi connectivity index (χ1n) is 11.5. The molecule has 0 saturated heterocycles. The van der Waals surface area contributed by atoms with E-state index in [0.29, 0.717) is 18.0 Å². The molecule has 35 heavy (non-hydrogen) atoms. The number of hydrogen-bond acceptors (Lipinski definition) is 5. The van der Waals surface area contributed by atoms with Gasteiger partial charge in [-0.2, -0.15) is 0 Å². The summed E-state index contributed by atoms with van der Waals surface area (Å²) in [6.07, 6.45) is 0. The number of hydrogen-bond donors (Lipinski definition) is 1. The largest absolute Gasteiger partial charge is 0.494 e. The van der Waals surface area contributed by atoms with E-state index in [9.17, 15) is 13.2 Å². The third-order valence-electron chi connectivity index (χ3n) is 5.34. The van der Waals surface area contributed by atoms with Crippen LogP contribution in [-0.2, 0) is 14.8 Å². The van der Waals surface area contributed by atoms with Gasteiger partial charge in [-0.15, -0.1) is 0 Å². The van der Waals surface area contributed by atoms with E-state index in [-0.39, 0.29) is 24.6 Å². The summed E-state index contributed by atoms with van der Waals surface area (Å²) in [4.78, 5) is 12.9. The zero-order chi connectivity index (χ0) is 25.4. The van der Waals surface area contributed by atoms with E-state index in [1.165, 1.54) is 0 Å². The van der Waals surface area contributed by atoms with E-state index in [4.69, 9.17) is 9.47 Å². The second-order valence-electron chi connectivity index (χ2n) is 8.22. The van der Waals surface area contributed by atoms with Gasteiger partial charge in [0.05, 0.1) is 23.7 Å². The van der Waals surface area contributed by atoms with E-state index in [1.807, 2.05) is 45.9 Å². The minimum absolute atomic E-state index is 0.114. The Morgan fingerprint density at radius 3 is 2.17 bits per heavy atom. The van der Waals surface area contributed by atoms with Crippen LogP contribution in [0.3, 0.4) is 0 Å². The number of amides is 1. The second-order valence-corrected chi connectivity index (χ2v) is 10.1. The lowest BCUT2D eigenvalue weighted by Gasteiger charge is -2.24. The lowest BCUT2D eigenvalue weighted by atomic mass is 10.1. The fourth-order valence-corrected chi connectivity index (χ4v) is 4.95. The second kappa shape index (κ2) is 11.8. The molecule has 0 atom stereocenters. The summed E-state index contributed by atoms with van der Waals surface area (Å²) < 4.78 is 39.2. The number of sulfonamides is 1. The van der Waals surface area contributed by atoms with E-state index in [0.717, 1.165) is 26.7 Å². The summed E-state index contributed by atoms with van der Waals surface area (Å²) in [5.74, 6) is 0.943. The van der Waals surface area contributed by atoms with Crippen LogP contribution in [0.25, 0.3) is 0 Å². The van der Waals surface area contributed by atoms with Crippen molar-refractivity contribution in [1.29, 1.82) is 0 Å². The van der Waals surface area contributed by atoms with Crippen molar-refractivity contribution in [2.75, 3.05) is 30.6 Å². The first-order chi connectivity index (χ1) is 16.7. The average Bonchev–Trinajstić information content (AvgIpc) is 2.82. The molecule has 1 N–H and O–H groups in total. The molecule has 186 valence electrons. The number of benzene rings is 3. The fourth-order valence-electron chi connectivity index (χ4n) is 3.53. The van der Waals surface area contributed by atoms with Crippen molar-refractivity contribution >= 4 is 21.6 Å². The number of nitrogens with zero attached hydrogens (tertiary/aromatic N) is 1. The van der Waals surface area contributed by atoms with Crippen LogP contribution in [0.15, 0.2) is 71.6 Å². The standard InChI is InChI=1S/C27H32N2O5S/c1-5-33-24-11-9-23(10-12-24)29(35(31,32)25-13-6-20(2)7-14-25)19-27(30)28-16-17-34-26-15-8-21(3)18-22(26)4/h6-15,18H,5,16-17,19H2,1-4H3,(H,28,30). The summed E-state index contributed by atoms with van der Waals surface area (Å²) in [5.41, 5.74) is 3.48. The van der Waals surface area contributed by atoms with Gasteiger partial charge in [0, 0.05) is 0 Å². The highest BCUT2D eigenvalue weighted by molar-refractivity contribution is 7.92. The minimum Gasteiger partial charge on any atom is -0.494 e. The van der Waals surface area contributed by atoms with Crippen LogP contribution >= 0.6 is 0 Å². The average molecular weight is 497 g/mol. The predicted molar refractivity (Wildman–Crippen MR) is 138 cm³/mol. The smallest absolute Gasteiger partial charge is 0.264 e. The summed E-state index contributed by atoms with van der Waals surface area (Å²) >= 11 is 0. The zero-order valence-corrected chi connectivity index (χ0v) is 21.4. The van der Waals surface area contributed by atoms with Crippen LogP contribution in [0.5, 0.6) is 11.5 Å². The highest BCUT2D eigenvalue weighted by atomic mass is 32.2.